The Morgan fingerprint density at radius 1 is 1.13 bits per heavy atom. The standard InChI is InChI=1S/C18H30N6O6S/c1-9(19)15(26)24-14(10(2)25)17(28)23-13(6-11-7-20-8-21-11)16(27)22-12(18(29)30)4-5-31-3/h7-10,12-14,25H,4-6,19H2,1-3H3,(H,20,21)(H,22,27)(H,23,28)(H,24,26)(H,29,30). The second kappa shape index (κ2) is 12.9. The van der Waals surface area contributed by atoms with E-state index in [4.69, 9.17) is 5.73 Å². The van der Waals surface area contributed by atoms with Gasteiger partial charge in [0.05, 0.1) is 18.5 Å². The summed E-state index contributed by atoms with van der Waals surface area (Å²) in [7, 11) is 0. The molecular formula is C18H30N6O6S. The molecule has 0 aromatic carbocycles. The molecule has 1 aromatic rings. The molecule has 0 bridgehead atoms. The van der Waals surface area contributed by atoms with E-state index >= 15 is 0 Å². The number of hydrogen-bond acceptors (Lipinski definition) is 8. The van der Waals surface area contributed by atoms with Gasteiger partial charge in [0.15, 0.2) is 0 Å². The molecule has 1 aromatic heterocycles. The third-order valence-corrected chi connectivity index (χ3v) is 4.96. The molecule has 12 nitrogen and oxygen atoms in total. The van der Waals surface area contributed by atoms with Crippen LogP contribution in [0.1, 0.15) is 26.0 Å². The van der Waals surface area contributed by atoms with Crippen LogP contribution >= 0.6 is 11.8 Å². The molecule has 0 saturated carbocycles. The van der Waals surface area contributed by atoms with Gasteiger partial charge in [0.25, 0.3) is 0 Å². The molecule has 0 radical (unpaired) electrons. The summed E-state index contributed by atoms with van der Waals surface area (Å²) in [6.45, 7) is 2.72. The van der Waals surface area contributed by atoms with Crippen LogP contribution in [0, 0.1) is 0 Å². The Kier molecular flexibility index (Phi) is 11.0. The Morgan fingerprint density at radius 2 is 1.77 bits per heavy atom. The number of carboxylic acids is 1. The number of nitrogens with zero attached hydrogens (tertiary/aromatic N) is 1. The van der Waals surface area contributed by atoms with Crippen LogP contribution in [-0.4, -0.2) is 86.2 Å². The minimum Gasteiger partial charge on any atom is -0.480 e. The van der Waals surface area contributed by atoms with Gasteiger partial charge in [-0.2, -0.15) is 11.8 Å². The van der Waals surface area contributed by atoms with Gasteiger partial charge in [0.2, 0.25) is 17.7 Å². The van der Waals surface area contributed by atoms with E-state index in [1.807, 2.05) is 6.26 Å². The van der Waals surface area contributed by atoms with Crippen LogP contribution < -0.4 is 21.7 Å². The number of amides is 3. The zero-order valence-corrected chi connectivity index (χ0v) is 18.4. The van der Waals surface area contributed by atoms with E-state index in [9.17, 15) is 29.4 Å². The van der Waals surface area contributed by atoms with Crippen LogP contribution in [0.4, 0.5) is 0 Å². The highest BCUT2D eigenvalue weighted by molar-refractivity contribution is 7.98. The van der Waals surface area contributed by atoms with Gasteiger partial charge >= 0.3 is 5.97 Å². The van der Waals surface area contributed by atoms with Gasteiger partial charge in [0, 0.05) is 18.3 Å². The fourth-order valence-corrected chi connectivity index (χ4v) is 3.01. The number of aromatic amines is 1. The fourth-order valence-electron chi connectivity index (χ4n) is 2.54. The lowest BCUT2D eigenvalue weighted by atomic mass is 10.1. The molecule has 0 aliphatic carbocycles. The highest BCUT2D eigenvalue weighted by Gasteiger charge is 2.32. The molecule has 0 saturated heterocycles. The average molecular weight is 459 g/mol. The van der Waals surface area contributed by atoms with Crippen LogP contribution in [0.3, 0.4) is 0 Å². The van der Waals surface area contributed by atoms with Crippen molar-refractivity contribution < 1.29 is 29.4 Å². The van der Waals surface area contributed by atoms with E-state index in [0.29, 0.717) is 11.4 Å². The quantitative estimate of drug-likeness (QED) is 0.174. The Hall–Kier alpha value is -2.64. The first-order chi connectivity index (χ1) is 14.6. The number of aromatic nitrogens is 2. The molecule has 31 heavy (non-hydrogen) atoms. The van der Waals surface area contributed by atoms with Crippen molar-refractivity contribution in [3.63, 3.8) is 0 Å². The maximum Gasteiger partial charge on any atom is 0.326 e. The van der Waals surface area contributed by atoms with E-state index in [2.05, 4.69) is 25.9 Å². The number of carbonyl (C=O) groups excluding carboxylic acids is 3. The third kappa shape index (κ3) is 8.94. The van der Waals surface area contributed by atoms with Gasteiger partial charge < -0.3 is 36.9 Å². The van der Waals surface area contributed by atoms with Crippen LogP contribution in [-0.2, 0) is 25.6 Å². The highest BCUT2D eigenvalue weighted by atomic mass is 32.2. The van der Waals surface area contributed by atoms with Crippen molar-refractivity contribution in [2.45, 2.75) is 57.0 Å². The number of aliphatic carboxylic acids is 1. The number of carbonyl (C=O) groups is 4. The summed E-state index contributed by atoms with van der Waals surface area (Å²) in [5, 5.41) is 26.5. The van der Waals surface area contributed by atoms with Gasteiger partial charge in [-0.05, 0) is 32.3 Å². The van der Waals surface area contributed by atoms with E-state index in [1.165, 1.54) is 38.1 Å². The first-order valence-electron chi connectivity index (χ1n) is 9.60. The number of nitrogens with two attached hydrogens (primary N) is 1. The normalized spacial score (nSPS) is 15.8. The zero-order valence-electron chi connectivity index (χ0n) is 17.6. The Labute approximate surface area is 184 Å². The van der Waals surface area contributed by atoms with Gasteiger partial charge in [-0.25, -0.2) is 9.78 Å². The Bertz CT molecular complexity index is 742. The summed E-state index contributed by atoms with van der Waals surface area (Å²) < 4.78 is 0. The number of hydrogen-bond donors (Lipinski definition) is 7. The number of aliphatic hydroxyl groups excluding tert-OH is 1. The predicted octanol–water partition coefficient (Wildman–Crippen LogP) is -2.03. The first-order valence-corrected chi connectivity index (χ1v) is 11.0. The summed E-state index contributed by atoms with van der Waals surface area (Å²) in [6.07, 6.45) is 3.58. The van der Waals surface area contributed by atoms with Crippen molar-refractivity contribution >= 4 is 35.5 Å². The van der Waals surface area contributed by atoms with Gasteiger partial charge in [0.1, 0.15) is 18.1 Å². The van der Waals surface area contributed by atoms with E-state index in [0.717, 1.165) is 0 Å². The second-order valence-corrected chi connectivity index (χ2v) is 8.02. The number of H-pyrrole nitrogens is 1. The predicted molar refractivity (Wildman–Crippen MR) is 114 cm³/mol. The summed E-state index contributed by atoms with van der Waals surface area (Å²) in [5.74, 6) is -2.87. The molecule has 174 valence electrons. The molecule has 0 fully saturated rings. The molecule has 0 spiro atoms. The Morgan fingerprint density at radius 3 is 2.26 bits per heavy atom. The number of imidazole rings is 1. The van der Waals surface area contributed by atoms with Crippen LogP contribution in [0.5, 0.6) is 0 Å². The maximum absolute atomic E-state index is 12.8. The SMILES string of the molecule is CSCCC(NC(=O)C(Cc1cnc[nH]1)NC(=O)C(NC(=O)C(C)N)C(C)O)C(=O)O. The fraction of sp³-hybridized carbons (Fsp3) is 0.611. The largest absolute Gasteiger partial charge is 0.480 e. The van der Waals surface area contributed by atoms with Crippen molar-refractivity contribution in [1.82, 2.24) is 25.9 Å². The smallest absolute Gasteiger partial charge is 0.326 e. The molecule has 1 heterocycles. The second-order valence-electron chi connectivity index (χ2n) is 7.04. The van der Waals surface area contributed by atoms with Gasteiger partial charge in [-0.1, -0.05) is 0 Å². The van der Waals surface area contributed by atoms with Crippen molar-refractivity contribution in [1.29, 1.82) is 0 Å². The van der Waals surface area contributed by atoms with Crippen LogP contribution in [0.15, 0.2) is 12.5 Å². The lowest BCUT2D eigenvalue weighted by Gasteiger charge is -2.26. The molecule has 3 amide bonds. The van der Waals surface area contributed by atoms with Crippen molar-refractivity contribution in [3.8, 4) is 0 Å². The maximum atomic E-state index is 12.8. The number of aliphatic hydroxyl groups is 1. The van der Waals surface area contributed by atoms with Crippen LogP contribution in [0.25, 0.3) is 0 Å². The minimum atomic E-state index is -1.36. The number of carboxylic acid groups (broad SMARTS) is 1. The van der Waals surface area contributed by atoms with Crippen molar-refractivity contribution in [2.75, 3.05) is 12.0 Å². The lowest BCUT2D eigenvalue weighted by Crippen LogP contribution is -2.60. The first kappa shape index (κ1) is 26.4. The molecule has 13 heteroatoms. The monoisotopic (exact) mass is 458 g/mol. The topological polar surface area (TPSA) is 200 Å². The highest BCUT2D eigenvalue weighted by Crippen LogP contribution is 2.05. The summed E-state index contributed by atoms with van der Waals surface area (Å²) in [5.41, 5.74) is 6.01. The van der Waals surface area contributed by atoms with Crippen molar-refractivity contribution in [3.05, 3.63) is 18.2 Å². The number of nitrogens with one attached hydrogen (secondary N) is 4. The third-order valence-electron chi connectivity index (χ3n) is 4.31. The van der Waals surface area contributed by atoms with E-state index in [-0.39, 0.29) is 12.8 Å². The zero-order chi connectivity index (χ0) is 23.6. The molecule has 5 unspecified atom stereocenters. The van der Waals surface area contributed by atoms with Crippen molar-refractivity contribution in [2.24, 2.45) is 5.73 Å². The molecular weight excluding hydrogens is 428 g/mol. The Balaban J connectivity index is 3.00. The molecule has 5 atom stereocenters. The summed E-state index contributed by atoms with van der Waals surface area (Å²) in [6, 6.07) is -4.59. The minimum absolute atomic E-state index is 0.0137. The van der Waals surface area contributed by atoms with E-state index in [1.54, 1.807) is 0 Å². The van der Waals surface area contributed by atoms with Crippen LogP contribution in [0.2, 0.25) is 0 Å². The molecule has 1 rings (SSSR count). The van der Waals surface area contributed by atoms with E-state index < -0.39 is 54.0 Å². The van der Waals surface area contributed by atoms with Gasteiger partial charge in [-0.3, -0.25) is 14.4 Å². The number of thioether (sulfide) groups is 1. The summed E-state index contributed by atoms with van der Waals surface area (Å²) in [4.78, 5) is 55.5. The molecule has 0 aliphatic rings. The molecule has 8 N–H and O–H groups in total. The molecule has 0 aliphatic heterocycles. The average Bonchev–Trinajstić information content (AvgIpc) is 3.20. The van der Waals surface area contributed by atoms with Gasteiger partial charge in [-0.15, -0.1) is 0 Å². The summed E-state index contributed by atoms with van der Waals surface area (Å²) >= 11 is 1.44. The lowest BCUT2D eigenvalue weighted by molar-refractivity contribution is -0.142. The number of rotatable bonds is 13.